The fourth-order valence-corrected chi connectivity index (χ4v) is 4.24. The molecule has 9 heteroatoms. The minimum absolute atomic E-state index is 0.00694. The summed E-state index contributed by atoms with van der Waals surface area (Å²) in [7, 11) is -3.77. The van der Waals surface area contributed by atoms with Gasteiger partial charge >= 0.3 is 5.97 Å². The fraction of sp³-hybridized carbons (Fsp3) is 0.409. The number of rotatable bonds is 11. The summed E-state index contributed by atoms with van der Waals surface area (Å²) >= 11 is 12.0. The molecule has 0 aliphatic rings. The Kier molecular flexibility index (Phi) is 9.47. The number of alkyl halides is 1. The molecule has 0 N–H and O–H groups in total. The molecule has 0 amide bonds. The zero-order chi connectivity index (χ0) is 23.0. The van der Waals surface area contributed by atoms with Gasteiger partial charge in [0.15, 0.2) is 0 Å². The average molecular weight is 489 g/mol. The first-order chi connectivity index (χ1) is 14.7. The van der Waals surface area contributed by atoms with Crippen LogP contribution in [-0.2, 0) is 19.4 Å². The van der Waals surface area contributed by atoms with Crippen molar-refractivity contribution in [2.24, 2.45) is 5.92 Å². The highest BCUT2D eigenvalue weighted by Crippen LogP contribution is 2.31. The van der Waals surface area contributed by atoms with Crippen molar-refractivity contribution in [2.75, 3.05) is 19.1 Å². The number of hydrogen-bond acceptors (Lipinski definition) is 6. The van der Waals surface area contributed by atoms with Crippen LogP contribution in [0.25, 0.3) is 0 Å². The van der Waals surface area contributed by atoms with Crippen LogP contribution in [0.4, 0.5) is 0 Å². The maximum absolute atomic E-state index is 12.9. The SMILES string of the molecule is CC[C@@H](C)COc1ccc(S(=O)(=O)c2ccc(OC[C@H](CCl)OC(C)=O)c(Cl)c2)cc1. The van der Waals surface area contributed by atoms with E-state index in [-0.39, 0.29) is 33.0 Å². The Morgan fingerprint density at radius 2 is 1.68 bits per heavy atom. The fourth-order valence-electron chi connectivity index (χ4n) is 2.50. The molecule has 2 rings (SSSR count). The Labute approximate surface area is 193 Å². The molecule has 170 valence electrons. The van der Waals surface area contributed by atoms with Gasteiger partial charge in [0.1, 0.15) is 24.2 Å². The molecular weight excluding hydrogens is 463 g/mol. The standard InChI is InChI=1S/C22H26Cl2O6S/c1-4-15(2)13-28-17-5-7-19(8-6-17)31(26,27)20-9-10-22(21(24)11-20)29-14-18(12-23)30-16(3)25/h5-11,15,18H,4,12-14H2,1-3H3/t15-,18+/m1/s1. The van der Waals surface area contributed by atoms with Gasteiger partial charge in [0.25, 0.3) is 0 Å². The van der Waals surface area contributed by atoms with Gasteiger partial charge < -0.3 is 14.2 Å². The monoisotopic (exact) mass is 488 g/mol. The van der Waals surface area contributed by atoms with Crippen molar-refractivity contribution in [1.82, 2.24) is 0 Å². The molecule has 0 aromatic heterocycles. The third-order valence-electron chi connectivity index (χ3n) is 4.51. The van der Waals surface area contributed by atoms with Gasteiger partial charge in [-0.05, 0) is 48.4 Å². The first-order valence-corrected chi connectivity index (χ1v) is 12.2. The molecule has 0 bridgehead atoms. The third-order valence-corrected chi connectivity index (χ3v) is 6.92. The van der Waals surface area contributed by atoms with Crippen LogP contribution in [0.2, 0.25) is 5.02 Å². The highest BCUT2D eigenvalue weighted by molar-refractivity contribution is 7.91. The first kappa shape index (κ1) is 25.3. The van der Waals surface area contributed by atoms with Crippen molar-refractivity contribution in [3.05, 3.63) is 47.5 Å². The van der Waals surface area contributed by atoms with Crippen molar-refractivity contribution in [2.45, 2.75) is 43.1 Å². The van der Waals surface area contributed by atoms with E-state index in [4.69, 9.17) is 37.4 Å². The van der Waals surface area contributed by atoms with E-state index in [9.17, 15) is 13.2 Å². The van der Waals surface area contributed by atoms with Gasteiger partial charge in [0.2, 0.25) is 9.84 Å². The Bertz CT molecular complexity index is 976. The molecule has 31 heavy (non-hydrogen) atoms. The van der Waals surface area contributed by atoms with E-state index >= 15 is 0 Å². The Balaban J connectivity index is 2.11. The smallest absolute Gasteiger partial charge is 0.303 e. The van der Waals surface area contributed by atoms with Crippen molar-refractivity contribution in [3.8, 4) is 11.5 Å². The van der Waals surface area contributed by atoms with Gasteiger partial charge in [-0.3, -0.25) is 4.79 Å². The molecule has 0 heterocycles. The lowest BCUT2D eigenvalue weighted by molar-refractivity contribution is -0.146. The van der Waals surface area contributed by atoms with Crippen LogP contribution in [0.1, 0.15) is 27.2 Å². The van der Waals surface area contributed by atoms with Crippen LogP contribution < -0.4 is 9.47 Å². The number of carbonyl (C=O) groups is 1. The van der Waals surface area contributed by atoms with Crippen LogP contribution in [-0.4, -0.2) is 39.6 Å². The summed E-state index contributed by atoms with van der Waals surface area (Å²) < 4.78 is 42.1. The highest BCUT2D eigenvalue weighted by Gasteiger charge is 2.20. The Hall–Kier alpha value is -1.96. The minimum atomic E-state index is -3.77. The summed E-state index contributed by atoms with van der Waals surface area (Å²) in [6.07, 6.45) is 0.364. The Morgan fingerprint density at radius 3 is 2.23 bits per heavy atom. The van der Waals surface area contributed by atoms with Gasteiger partial charge in [-0.2, -0.15) is 0 Å². The predicted octanol–water partition coefficient (Wildman–Crippen LogP) is 5.15. The first-order valence-electron chi connectivity index (χ1n) is 9.80. The predicted molar refractivity (Wildman–Crippen MR) is 120 cm³/mol. The molecular formula is C22H26Cl2O6S. The molecule has 0 unspecified atom stereocenters. The van der Waals surface area contributed by atoms with Gasteiger partial charge in [-0.25, -0.2) is 8.42 Å². The van der Waals surface area contributed by atoms with Gasteiger partial charge in [0, 0.05) is 6.92 Å². The molecule has 0 spiro atoms. The van der Waals surface area contributed by atoms with Crippen molar-refractivity contribution < 1.29 is 27.4 Å². The second kappa shape index (κ2) is 11.6. The minimum Gasteiger partial charge on any atom is -0.493 e. The molecule has 6 nitrogen and oxygen atoms in total. The molecule has 0 fully saturated rings. The number of halogens is 2. The largest absolute Gasteiger partial charge is 0.493 e. The van der Waals surface area contributed by atoms with Crippen LogP contribution in [0.3, 0.4) is 0 Å². The summed E-state index contributed by atoms with van der Waals surface area (Å²) in [6, 6.07) is 10.5. The number of hydrogen-bond donors (Lipinski definition) is 0. The molecule has 0 saturated heterocycles. The molecule has 0 aliphatic heterocycles. The molecule has 2 aromatic rings. The number of sulfone groups is 1. The van der Waals surface area contributed by atoms with Crippen molar-refractivity contribution >= 4 is 39.0 Å². The second-order valence-corrected chi connectivity index (χ2v) is 9.75. The number of esters is 1. The van der Waals surface area contributed by atoms with Gasteiger partial charge in [-0.15, -0.1) is 11.6 Å². The van der Waals surface area contributed by atoms with Crippen LogP contribution in [0.5, 0.6) is 11.5 Å². The zero-order valence-corrected chi connectivity index (χ0v) is 20.0. The van der Waals surface area contributed by atoms with E-state index in [1.807, 2.05) is 0 Å². The third kappa shape index (κ3) is 7.30. The van der Waals surface area contributed by atoms with Crippen LogP contribution >= 0.6 is 23.2 Å². The molecule has 0 saturated carbocycles. The second-order valence-electron chi connectivity index (χ2n) is 7.09. The van der Waals surface area contributed by atoms with E-state index < -0.39 is 21.9 Å². The normalized spacial score (nSPS) is 13.3. The summed E-state index contributed by atoms with van der Waals surface area (Å²) in [5, 5.41) is 0.116. The summed E-state index contributed by atoms with van der Waals surface area (Å²) in [5.74, 6) is 0.873. The summed E-state index contributed by atoms with van der Waals surface area (Å²) in [6.45, 7) is 6.01. The van der Waals surface area contributed by atoms with Gasteiger partial charge in [-0.1, -0.05) is 31.9 Å². The average Bonchev–Trinajstić information content (AvgIpc) is 2.75. The quantitative estimate of drug-likeness (QED) is 0.321. The van der Waals surface area contributed by atoms with E-state index in [1.54, 1.807) is 12.1 Å². The molecule has 2 aromatic carbocycles. The van der Waals surface area contributed by atoms with Crippen LogP contribution in [0.15, 0.2) is 52.3 Å². The maximum Gasteiger partial charge on any atom is 0.303 e. The van der Waals surface area contributed by atoms with E-state index in [2.05, 4.69) is 13.8 Å². The maximum atomic E-state index is 12.9. The zero-order valence-electron chi connectivity index (χ0n) is 17.6. The molecule has 0 radical (unpaired) electrons. The van der Waals surface area contributed by atoms with Crippen molar-refractivity contribution in [3.63, 3.8) is 0 Å². The Morgan fingerprint density at radius 1 is 1.03 bits per heavy atom. The molecule has 2 atom stereocenters. The lowest BCUT2D eigenvalue weighted by Crippen LogP contribution is -2.25. The van der Waals surface area contributed by atoms with Crippen molar-refractivity contribution in [1.29, 1.82) is 0 Å². The lowest BCUT2D eigenvalue weighted by Gasteiger charge is -2.16. The topological polar surface area (TPSA) is 78.9 Å². The van der Waals surface area contributed by atoms with Crippen LogP contribution in [0, 0.1) is 5.92 Å². The lowest BCUT2D eigenvalue weighted by atomic mass is 10.1. The van der Waals surface area contributed by atoms with E-state index in [0.717, 1.165) is 6.42 Å². The number of benzene rings is 2. The summed E-state index contributed by atoms with van der Waals surface area (Å²) in [4.78, 5) is 11.2. The van der Waals surface area contributed by atoms with Gasteiger partial charge in [0.05, 0.1) is 27.3 Å². The number of ether oxygens (including phenoxy) is 3. The van der Waals surface area contributed by atoms with E-state index in [1.165, 1.54) is 37.3 Å². The summed E-state index contributed by atoms with van der Waals surface area (Å²) in [5.41, 5.74) is 0. The highest BCUT2D eigenvalue weighted by atomic mass is 35.5. The molecule has 0 aliphatic carbocycles. The number of carbonyl (C=O) groups excluding carboxylic acids is 1. The van der Waals surface area contributed by atoms with E-state index in [0.29, 0.717) is 18.3 Å².